The van der Waals surface area contributed by atoms with Gasteiger partial charge in [-0.3, -0.25) is 14.5 Å². The van der Waals surface area contributed by atoms with Crippen molar-refractivity contribution in [3.8, 4) is 6.07 Å². The number of amides is 2. The van der Waals surface area contributed by atoms with Gasteiger partial charge in [0, 0.05) is 31.1 Å². The quantitative estimate of drug-likeness (QED) is 0.434. The van der Waals surface area contributed by atoms with Gasteiger partial charge in [0.15, 0.2) is 0 Å². The summed E-state index contributed by atoms with van der Waals surface area (Å²) in [4.78, 5) is 40.7. The molecule has 0 aliphatic carbocycles. The number of nitriles is 1. The molecule has 0 bridgehead atoms. The van der Waals surface area contributed by atoms with Crippen molar-refractivity contribution in [1.29, 1.82) is 5.26 Å². The Kier molecular flexibility index (Phi) is 8.42. The molecule has 0 unspecified atom stereocenters. The summed E-state index contributed by atoms with van der Waals surface area (Å²) in [5.41, 5.74) is -0.389. The topological polar surface area (TPSA) is 99.9 Å². The largest absolute Gasteiger partial charge is 0.466 e. The van der Waals surface area contributed by atoms with E-state index in [9.17, 15) is 24.0 Å². The van der Waals surface area contributed by atoms with Gasteiger partial charge in [-0.1, -0.05) is 36.4 Å². The number of carbonyl (C=O) groups excluding carboxylic acids is 3. The normalized spacial score (nSPS) is 19.4. The standard InChI is InChI=1S/C26H28FN3O5/c1-3-34-24(32)15-23(31)30(22-11-7-10-21(27)14-22)26(18-28)12-13-29(19(2)16-26)25(33)35-17-20-8-5-4-6-9-20/h4-11,14,19H,3,12-13,15-17H2,1-2H3/t19-,26+/m0/s1. The van der Waals surface area contributed by atoms with Crippen molar-refractivity contribution in [3.05, 3.63) is 66.0 Å². The van der Waals surface area contributed by atoms with Crippen LogP contribution in [0.2, 0.25) is 0 Å². The number of hydrogen-bond acceptors (Lipinski definition) is 6. The zero-order valence-corrected chi connectivity index (χ0v) is 19.8. The molecule has 3 rings (SSSR count). The van der Waals surface area contributed by atoms with Crippen LogP contribution in [-0.4, -0.2) is 47.6 Å². The first-order valence-corrected chi connectivity index (χ1v) is 11.4. The van der Waals surface area contributed by atoms with E-state index in [1.807, 2.05) is 30.3 Å². The second-order valence-corrected chi connectivity index (χ2v) is 8.37. The van der Waals surface area contributed by atoms with Crippen molar-refractivity contribution in [3.63, 3.8) is 0 Å². The Balaban J connectivity index is 1.82. The van der Waals surface area contributed by atoms with Crippen LogP contribution in [-0.2, 0) is 25.7 Å². The van der Waals surface area contributed by atoms with Gasteiger partial charge in [-0.15, -0.1) is 0 Å². The SMILES string of the molecule is CCOC(=O)CC(=O)N(c1cccc(F)c1)[C@]1(C#N)CCN(C(=O)OCc2ccccc2)[C@@H](C)C1. The van der Waals surface area contributed by atoms with E-state index in [4.69, 9.17) is 9.47 Å². The smallest absolute Gasteiger partial charge is 0.410 e. The predicted molar refractivity (Wildman–Crippen MR) is 126 cm³/mol. The molecule has 0 saturated carbocycles. The van der Waals surface area contributed by atoms with Gasteiger partial charge in [0.05, 0.1) is 12.7 Å². The molecule has 1 saturated heterocycles. The van der Waals surface area contributed by atoms with Gasteiger partial charge in [0.1, 0.15) is 24.4 Å². The number of nitrogens with zero attached hydrogens (tertiary/aromatic N) is 3. The fourth-order valence-electron chi connectivity index (χ4n) is 4.31. The fourth-order valence-corrected chi connectivity index (χ4v) is 4.31. The van der Waals surface area contributed by atoms with Gasteiger partial charge in [0.2, 0.25) is 5.91 Å². The van der Waals surface area contributed by atoms with E-state index in [0.717, 1.165) is 11.6 Å². The van der Waals surface area contributed by atoms with Crippen molar-refractivity contribution >= 4 is 23.7 Å². The van der Waals surface area contributed by atoms with E-state index in [0.29, 0.717) is 0 Å². The highest BCUT2D eigenvalue weighted by Gasteiger charge is 2.47. The molecule has 2 amide bonds. The molecule has 1 heterocycles. The maximum Gasteiger partial charge on any atom is 0.410 e. The molecule has 8 nitrogen and oxygen atoms in total. The Morgan fingerprint density at radius 3 is 2.54 bits per heavy atom. The number of hydrogen-bond donors (Lipinski definition) is 0. The molecule has 35 heavy (non-hydrogen) atoms. The molecular weight excluding hydrogens is 453 g/mol. The molecule has 184 valence electrons. The average molecular weight is 482 g/mol. The summed E-state index contributed by atoms with van der Waals surface area (Å²) in [6.07, 6.45) is -0.928. The van der Waals surface area contributed by atoms with Gasteiger partial charge in [-0.05, 0) is 37.6 Å². The minimum absolute atomic E-state index is 0.0923. The van der Waals surface area contributed by atoms with E-state index in [1.54, 1.807) is 13.8 Å². The highest BCUT2D eigenvalue weighted by Crippen LogP contribution is 2.37. The first-order valence-electron chi connectivity index (χ1n) is 11.4. The van der Waals surface area contributed by atoms with E-state index in [2.05, 4.69) is 6.07 Å². The molecule has 1 aliphatic rings. The third-order valence-corrected chi connectivity index (χ3v) is 5.92. The van der Waals surface area contributed by atoms with Crippen molar-refractivity contribution in [2.75, 3.05) is 18.1 Å². The Labute approximate surface area is 203 Å². The second kappa shape index (κ2) is 11.5. The van der Waals surface area contributed by atoms with E-state index in [1.165, 1.54) is 28.0 Å². The maximum absolute atomic E-state index is 14.1. The van der Waals surface area contributed by atoms with Crippen molar-refractivity contribution in [2.45, 2.75) is 51.3 Å². The van der Waals surface area contributed by atoms with E-state index >= 15 is 0 Å². The predicted octanol–water partition coefficient (Wildman–Crippen LogP) is 4.20. The summed E-state index contributed by atoms with van der Waals surface area (Å²) in [5, 5.41) is 10.2. The van der Waals surface area contributed by atoms with E-state index in [-0.39, 0.29) is 38.3 Å². The number of halogens is 1. The first kappa shape index (κ1) is 25.7. The lowest BCUT2D eigenvalue weighted by Gasteiger charge is -2.46. The lowest BCUT2D eigenvalue weighted by atomic mass is 9.82. The molecule has 1 aliphatic heterocycles. The molecule has 9 heteroatoms. The first-order chi connectivity index (χ1) is 16.8. The number of esters is 1. The van der Waals surface area contributed by atoms with E-state index < -0.39 is 41.8 Å². The lowest BCUT2D eigenvalue weighted by Crippen LogP contribution is -2.60. The Hall–Kier alpha value is -3.93. The maximum atomic E-state index is 14.1. The number of rotatable bonds is 7. The van der Waals surface area contributed by atoms with Crippen LogP contribution < -0.4 is 4.90 Å². The molecule has 0 N–H and O–H groups in total. The molecule has 0 radical (unpaired) electrons. The van der Waals surface area contributed by atoms with Crippen LogP contribution >= 0.6 is 0 Å². The number of anilines is 1. The third-order valence-electron chi connectivity index (χ3n) is 5.92. The summed E-state index contributed by atoms with van der Waals surface area (Å²) in [6, 6.07) is 16.3. The second-order valence-electron chi connectivity index (χ2n) is 8.37. The number of likely N-dealkylation sites (tertiary alicyclic amines) is 1. The number of benzene rings is 2. The number of carbonyl (C=O) groups is 3. The van der Waals surface area contributed by atoms with Crippen molar-refractivity contribution in [1.82, 2.24) is 4.90 Å². The average Bonchev–Trinajstić information content (AvgIpc) is 2.83. The zero-order valence-electron chi connectivity index (χ0n) is 19.8. The molecule has 0 spiro atoms. The molecule has 1 fully saturated rings. The van der Waals surface area contributed by atoms with Gasteiger partial charge < -0.3 is 14.4 Å². The molecule has 2 aromatic rings. The molecule has 2 aromatic carbocycles. The summed E-state index contributed by atoms with van der Waals surface area (Å²) < 4.78 is 24.4. The highest BCUT2D eigenvalue weighted by molar-refractivity contribution is 6.04. The summed E-state index contributed by atoms with van der Waals surface area (Å²) in [6.45, 7) is 3.74. The van der Waals surface area contributed by atoms with Gasteiger partial charge in [-0.2, -0.15) is 5.26 Å². The number of ether oxygens (including phenoxy) is 2. The van der Waals surface area contributed by atoms with Gasteiger partial charge in [-0.25, -0.2) is 9.18 Å². The Morgan fingerprint density at radius 2 is 1.91 bits per heavy atom. The van der Waals surface area contributed by atoms with Crippen molar-refractivity contribution < 1.29 is 28.2 Å². The van der Waals surface area contributed by atoms with Crippen LogP contribution in [0.4, 0.5) is 14.9 Å². The summed E-state index contributed by atoms with van der Waals surface area (Å²) in [7, 11) is 0. The zero-order chi connectivity index (χ0) is 25.4. The van der Waals surface area contributed by atoms with Crippen molar-refractivity contribution in [2.24, 2.45) is 0 Å². The van der Waals surface area contributed by atoms with Crippen LogP contribution in [0.3, 0.4) is 0 Å². The molecular formula is C26H28FN3O5. The van der Waals surface area contributed by atoms with Crippen LogP contribution in [0.25, 0.3) is 0 Å². The number of piperidine rings is 1. The molecule has 2 atom stereocenters. The van der Waals surface area contributed by atoms with Gasteiger partial charge >= 0.3 is 12.1 Å². The highest BCUT2D eigenvalue weighted by atomic mass is 19.1. The summed E-state index contributed by atoms with van der Waals surface area (Å²) in [5.74, 6) is -2.00. The van der Waals surface area contributed by atoms with Gasteiger partial charge in [0.25, 0.3) is 0 Å². The lowest BCUT2D eigenvalue weighted by molar-refractivity contribution is -0.145. The fraction of sp³-hybridized carbons (Fsp3) is 0.385. The summed E-state index contributed by atoms with van der Waals surface area (Å²) >= 11 is 0. The monoisotopic (exact) mass is 481 g/mol. The Morgan fingerprint density at radius 1 is 1.17 bits per heavy atom. The van der Waals surface area contributed by atoms with Crippen LogP contribution in [0.15, 0.2) is 54.6 Å². The minimum atomic E-state index is -1.40. The third kappa shape index (κ3) is 6.15. The Bertz CT molecular complexity index is 1100. The van der Waals surface area contributed by atoms with Crippen LogP contribution in [0.1, 0.15) is 38.7 Å². The molecule has 0 aromatic heterocycles. The van der Waals surface area contributed by atoms with Crippen LogP contribution in [0, 0.1) is 17.1 Å². The van der Waals surface area contributed by atoms with Crippen LogP contribution in [0.5, 0.6) is 0 Å². The minimum Gasteiger partial charge on any atom is -0.466 e.